The van der Waals surface area contributed by atoms with E-state index in [1.54, 1.807) is 54.6 Å². The molecule has 0 saturated heterocycles. The zero-order valence-electron chi connectivity index (χ0n) is 12.1. The molecule has 2 aromatic rings. The van der Waals surface area contributed by atoms with Crippen molar-refractivity contribution in [2.75, 3.05) is 12.4 Å². The maximum Gasteiger partial charge on any atom is 0.312 e. The van der Waals surface area contributed by atoms with Gasteiger partial charge in [0.25, 0.3) is 0 Å². The van der Waals surface area contributed by atoms with Gasteiger partial charge in [0.05, 0.1) is 0 Å². The molecule has 0 spiro atoms. The van der Waals surface area contributed by atoms with Crippen LogP contribution >= 0.6 is 0 Å². The lowest BCUT2D eigenvalue weighted by atomic mass is 10.1. The molecule has 0 radical (unpaired) electrons. The second-order valence-corrected chi connectivity index (χ2v) is 6.28. The first-order valence-corrected chi connectivity index (χ1v) is 8.25. The van der Waals surface area contributed by atoms with Crippen LogP contribution in [0.5, 0.6) is 11.5 Å². The Hall–Kier alpha value is -2.34. The molecule has 2 aromatic carbocycles. The Labute approximate surface area is 129 Å². The van der Waals surface area contributed by atoms with Crippen LogP contribution in [0.25, 0.3) is 0 Å². The summed E-state index contributed by atoms with van der Waals surface area (Å²) < 4.78 is 33.9. The topological polar surface area (TPSA) is 69.7 Å². The Morgan fingerprint density at radius 2 is 1.59 bits per heavy atom. The van der Waals surface area contributed by atoms with Crippen LogP contribution in [-0.2, 0) is 10.1 Å². The summed E-state index contributed by atoms with van der Waals surface area (Å²) >= 11 is 0. The van der Waals surface area contributed by atoms with Gasteiger partial charge < -0.3 is 8.92 Å². The molecule has 22 heavy (non-hydrogen) atoms. The highest BCUT2D eigenvalue weighted by atomic mass is 32.2. The van der Waals surface area contributed by atoms with Crippen LogP contribution in [0.4, 0.5) is 0 Å². The lowest BCUT2D eigenvalue weighted by Gasteiger charge is -2.08. The predicted octanol–water partition coefficient (Wildman–Crippen LogP) is 2.68. The van der Waals surface area contributed by atoms with Gasteiger partial charge in [0.2, 0.25) is 0 Å². The Morgan fingerprint density at radius 3 is 2.18 bits per heavy atom. The molecular formula is C16H16O5S. The number of ether oxygens (including phenoxy) is 1. The minimum absolute atomic E-state index is 0.0331. The molecule has 0 aliphatic carbocycles. The molecule has 0 N–H and O–H groups in total. The first-order chi connectivity index (χ1) is 10.5. The van der Waals surface area contributed by atoms with Crippen LogP contribution in [-0.4, -0.2) is 26.6 Å². The summed E-state index contributed by atoms with van der Waals surface area (Å²) in [7, 11) is -3.71. The molecule has 5 nitrogen and oxygen atoms in total. The van der Waals surface area contributed by atoms with Crippen molar-refractivity contribution in [2.24, 2.45) is 0 Å². The quantitative estimate of drug-likeness (QED) is 0.579. The van der Waals surface area contributed by atoms with Gasteiger partial charge in [-0.1, -0.05) is 18.2 Å². The summed E-state index contributed by atoms with van der Waals surface area (Å²) in [5.41, 5.74) is 0.576. The minimum atomic E-state index is -3.71. The second kappa shape index (κ2) is 7.09. The molecule has 0 fully saturated rings. The number of ketones is 1. The standard InChI is InChI=1S/C16H16O5S/c1-13(17)14-7-9-15(10-8-14)20-11-12-22(18,19)21-16-5-3-2-4-6-16/h2-10H,11-12H2,1H3. The first kappa shape index (κ1) is 16.0. The fourth-order valence-corrected chi connectivity index (χ4v) is 2.49. The van der Waals surface area contributed by atoms with E-state index < -0.39 is 10.1 Å². The van der Waals surface area contributed by atoms with Crippen molar-refractivity contribution >= 4 is 15.9 Å². The molecule has 6 heteroatoms. The van der Waals surface area contributed by atoms with E-state index in [-0.39, 0.29) is 23.9 Å². The molecule has 0 aliphatic heterocycles. The third-order valence-electron chi connectivity index (χ3n) is 2.83. The molecule has 0 aliphatic rings. The lowest BCUT2D eigenvalue weighted by molar-refractivity contribution is 0.101. The van der Waals surface area contributed by atoms with Crippen LogP contribution in [0.2, 0.25) is 0 Å². The molecule has 0 aromatic heterocycles. The highest BCUT2D eigenvalue weighted by Gasteiger charge is 2.13. The Balaban J connectivity index is 1.86. The Morgan fingerprint density at radius 1 is 0.955 bits per heavy atom. The molecule has 0 heterocycles. The van der Waals surface area contributed by atoms with E-state index in [0.717, 1.165) is 0 Å². The predicted molar refractivity (Wildman–Crippen MR) is 82.8 cm³/mol. The van der Waals surface area contributed by atoms with E-state index in [9.17, 15) is 13.2 Å². The maximum absolute atomic E-state index is 11.8. The fraction of sp³-hybridized carbons (Fsp3) is 0.188. The smallest absolute Gasteiger partial charge is 0.312 e. The third kappa shape index (κ3) is 4.89. The molecule has 0 atom stereocenters. The minimum Gasteiger partial charge on any atom is -0.492 e. The molecule has 0 bridgehead atoms. The van der Waals surface area contributed by atoms with Gasteiger partial charge in [-0.05, 0) is 43.3 Å². The zero-order valence-corrected chi connectivity index (χ0v) is 12.9. The highest BCUT2D eigenvalue weighted by Crippen LogP contribution is 2.14. The summed E-state index contributed by atoms with van der Waals surface area (Å²) in [5, 5.41) is 0. The summed E-state index contributed by atoms with van der Waals surface area (Å²) in [6.07, 6.45) is 0. The summed E-state index contributed by atoms with van der Waals surface area (Å²) in [6, 6.07) is 14.8. The highest BCUT2D eigenvalue weighted by molar-refractivity contribution is 7.87. The largest absolute Gasteiger partial charge is 0.492 e. The monoisotopic (exact) mass is 320 g/mol. The Kier molecular flexibility index (Phi) is 5.16. The molecule has 0 saturated carbocycles. The third-order valence-corrected chi connectivity index (χ3v) is 3.94. The lowest BCUT2D eigenvalue weighted by Crippen LogP contribution is -2.19. The van der Waals surface area contributed by atoms with Crippen molar-refractivity contribution in [3.63, 3.8) is 0 Å². The number of hydrogen-bond donors (Lipinski definition) is 0. The van der Waals surface area contributed by atoms with Gasteiger partial charge in [0.1, 0.15) is 23.9 Å². The van der Waals surface area contributed by atoms with Crippen LogP contribution in [0.15, 0.2) is 54.6 Å². The fourth-order valence-electron chi connectivity index (χ4n) is 1.71. The van der Waals surface area contributed by atoms with E-state index in [1.807, 2.05) is 0 Å². The van der Waals surface area contributed by atoms with Crippen molar-refractivity contribution in [3.05, 3.63) is 60.2 Å². The van der Waals surface area contributed by atoms with Crippen LogP contribution in [0.3, 0.4) is 0 Å². The van der Waals surface area contributed by atoms with Gasteiger partial charge in [-0.2, -0.15) is 8.42 Å². The van der Waals surface area contributed by atoms with Gasteiger partial charge in [0, 0.05) is 5.56 Å². The number of hydrogen-bond acceptors (Lipinski definition) is 5. The van der Waals surface area contributed by atoms with Gasteiger partial charge >= 0.3 is 10.1 Å². The number of carbonyl (C=O) groups is 1. The van der Waals surface area contributed by atoms with Crippen molar-refractivity contribution in [1.82, 2.24) is 0 Å². The van der Waals surface area contributed by atoms with E-state index in [4.69, 9.17) is 8.92 Å². The number of benzene rings is 2. The molecule has 116 valence electrons. The van der Waals surface area contributed by atoms with Gasteiger partial charge in [0.15, 0.2) is 5.78 Å². The van der Waals surface area contributed by atoms with Crippen molar-refractivity contribution in [2.45, 2.75) is 6.92 Å². The normalized spacial score (nSPS) is 11.0. The number of Topliss-reactive ketones (excluding diaryl/α,β-unsaturated/α-hetero) is 1. The Bertz CT molecular complexity index is 721. The van der Waals surface area contributed by atoms with Gasteiger partial charge in [-0.3, -0.25) is 4.79 Å². The van der Waals surface area contributed by atoms with Crippen molar-refractivity contribution in [1.29, 1.82) is 0 Å². The van der Waals surface area contributed by atoms with Crippen LogP contribution < -0.4 is 8.92 Å². The zero-order chi connectivity index (χ0) is 16.0. The average molecular weight is 320 g/mol. The summed E-state index contributed by atoms with van der Waals surface area (Å²) in [4.78, 5) is 11.1. The van der Waals surface area contributed by atoms with E-state index in [0.29, 0.717) is 11.3 Å². The SMILES string of the molecule is CC(=O)c1ccc(OCCS(=O)(=O)Oc2ccccc2)cc1. The van der Waals surface area contributed by atoms with Crippen molar-refractivity contribution in [3.8, 4) is 11.5 Å². The summed E-state index contributed by atoms with van der Waals surface area (Å²) in [6.45, 7) is 1.44. The average Bonchev–Trinajstić information content (AvgIpc) is 2.48. The molecule has 2 rings (SSSR count). The number of rotatable bonds is 7. The molecule has 0 unspecified atom stereocenters. The first-order valence-electron chi connectivity index (χ1n) is 6.67. The van der Waals surface area contributed by atoms with E-state index in [2.05, 4.69) is 0 Å². The van der Waals surface area contributed by atoms with Gasteiger partial charge in [-0.25, -0.2) is 0 Å². The molecule has 0 amide bonds. The second-order valence-electron chi connectivity index (χ2n) is 4.59. The van der Waals surface area contributed by atoms with Crippen molar-refractivity contribution < 1.29 is 22.1 Å². The maximum atomic E-state index is 11.8. The van der Waals surface area contributed by atoms with Crippen LogP contribution in [0.1, 0.15) is 17.3 Å². The number of carbonyl (C=O) groups excluding carboxylic acids is 1. The van der Waals surface area contributed by atoms with Gasteiger partial charge in [-0.15, -0.1) is 0 Å². The van der Waals surface area contributed by atoms with Crippen LogP contribution in [0, 0.1) is 0 Å². The molecular weight excluding hydrogens is 304 g/mol. The van der Waals surface area contributed by atoms with E-state index in [1.165, 1.54) is 6.92 Å². The van der Waals surface area contributed by atoms with E-state index >= 15 is 0 Å². The number of para-hydroxylation sites is 1. The summed E-state index contributed by atoms with van der Waals surface area (Å²) in [5.74, 6) is 0.467.